The van der Waals surface area contributed by atoms with Gasteiger partial charge < -0.3 is 14.4 Å². The van der Waals surface area contributed by atoms with E-state index >= 15 is 0 Å². The lowest BCUT2D eigenvalue weighted by Gasteiger charge is -2.40. The van der Waals surface area contributed by atoms with E-state index in [1.807, 2.05) is 18.2 Å². The lowest BCUT2D eigenvalue weighted by molar-refractivity contribution is 0.0145. The summed E-state index contributed by atoms with van der Waals surface area (Å²) in [6.45, 7) is 10.3. The second-order valence-corrected chi connectivity index (χ2v) is 9.76. The number of halogens is 2. The van der Waals surface area contributed by atoms with Crippen molar-refractivity contribution in [1.29, 1.82) is 0 Å². The molecule has 0 N–H and O–H groups in total. The summed E-state index contributed by atoms with van der Waals surface area (Å²) in [5, 5.41) is 0.777. The van der Waals surface area contributed by atoms with Gasteiger partial charge in [0.15, 0.2) is 17.7 Å². The van der Waals surface area contributed by atoms with E-state index in [0.717, 1.165) is 60.0 Å². The highest BCUT2D eigenvalue weighted by molar-refractivity contribution is 9.10. The molecule has 2 aliphatic heterocycles. The van der Waals surface area contributed by atoms with Gasteiger partial charge in [-0.3, -0.25) is 4.90 Å². The zero-order valence-corrected chi connectivity index (χ0v) is 19.6. The van der Waals surface area contributed by atoms with E-state index in [4.69, 9.17) is 21.1 Å². The number of fused-ring (bicyclic) bond motifs is 1. The number of benzene rings is 2. The minimum Gasteiger partial charge on any atom is -0.483 e. The van der Waals surface area contributed by atoms with Crippen molar-refractivity contribution in [3.05, 3.63) is 51.5 Å². The molecule has 0 aromatic heterocycles. The van der Waals surface area contributed by atoms with Crippen LogP contribution in [0.2, 0.25) is 5.02 Å². The van der Waals surface area contributed by atoms with Crippen molar-refractivity contribution in [3.63, 3.8) is 0 Å². The van der Waals surface area contributed by atoms with Gasteiger partial charge in [0.2, 0.25) is 0 Å². The molecule has 0 radical (unpaired) electrons. The van der Waals surface area contributed by atoms with Gasteiger partial charge in [-0.25, -0.2) is 0 Å². The SMILES string of the molecule is CCC(Oc1cc(Br)cc2c1OC(C)(C)C2)N1CCN(c2ccc(Cl)cc2)CC1. The Bertz CT molecular complexity index is 864. The second kappa shape index (κ2) is 8.37. The normalized spacial score (nSPS) is 19.6. The first-order valence-electron chi connectivity index (χ1n) is 10.3. The standard InChI is InChI=1S/C23H28BrClN2O2/c1-4-21(27-11-9-26(10-12-27)19-7-5-18(25)6-8-19)28-20-14-17(24)13-16-15-23(2,3)29-22(16)20/h5-8,13-14,21H,4,9-12,15H2,1-3H3. The molecule has 0 spiro atoms. The van der Waals surface area contributed by atoms with Gasteiger partial charge in [-0.15, -0.1) is 0 Å². The van der Waals surface area contributed by atoms with Crippen molar-refractivity contribution in [2.75, 3.05) is 31.1 Å². The Kier molecular flexibility index (Phi) is 6.01. The van der Waals surface area contributed by atoms with Crippen LogP contribution in [0.5, 0.6) is 11.5 Å². The van der Waals surface area contributed by atoms with Gasteiger partial charge in [-0.1, -0.05) is 34.5 Å². The van der Waals surface area contributed by atoms with Crippen LogP contribution in [0, 0.1) is 0 Å². The van der Waals surface area contributed by atoms with Crippen LogP contribution in [-0.4, -0.2) is 42.9 Å². The molecule has 29 heavy (non-hydrogen) atoms. The fraction of sp³-hybridized carbons (Fsp3) is 0.478. The first-order chi connectivity index (χ1) is 13.8. The van der Waals surface area contributed by atoms with Gasteiger partial charge in [0.25, 0.3) is 0 Å². The van der Waals surface area contributed by atoms with Crippen molar-refractivity contribution in [3.8, 4) is 11.5 Å². The zero-order valence-electron chi connectivity index (χ0n) is 17.3. The Morgan fingerprint density at radius 1 is 1.14 bits per heavy atom. The van der Waals surface area contributed by atoms with E-state index in [9.17, 15) is 0 Å². The molecule has 0 bridgehead atoms. The highest BCUT2D eigenvalue weighted by Gasteiger charge is 2.34. The predicted molar refractivity (Wildman–Crippen MR) is 122 cm³/mol. The van der Waals surface area contributed by atoms with Crippen LogP contribution < -0.4 is 14.4 Å². The Balaban J connectivity index is 1.44. The Morgan fingerprint density at radius 2 is 1.83 bits per heavy atom. The third-order valence-corrected chi connectivity index (χ3v) is 6.33. The van der Waals surface area contributed by atoms with Crippen LogP contribution in [0.15, 0.2) is 40.9 Å². The summed E-state index contributed by atoms with van der Waals surface area (Å²) in [7, 11) is 0. The zero-order chi connectivity index (χ0) is 20.6. The Morgan fingerprint density at radius 3 is 2.48 bits per heavy atom. The van der Waals surface area contributed by atoms with Crippen molar-refractivity contribution in [2.24, 2.45) is 0 Å². The summed E-state index contributed by atoms with van der Waals surface area (Å²) in [5.74, 6) is 1.74. The molecule has 1 unspecified atom stereocenters. The van der Waals surface area contributed by atoms with Crippen LogP contribution in [-0.2, 0) is 6.42 Å². The van der Waals surface area contributed by atoms with E-state index in [2.05, 4.69) is 64.7 Å². The molecule has 0 aliphatic carbocycles. The first-order valence-corrected chi connectivity index (χ1v) is 11.4. The maximum absolute atomic E-state index is 6.51. The van der Waals surface area contributed by atoms with Crippen LogP contribution in [0.25, 0.3) is 0 Å². The molecule has 4 rings (SSSR count). The molecule has 2 aromatic carbocycles. The number of nitrogens with zero attached hydrogens (tertiary/aromatic N) is 2. The molecule has 0 saturated carbocycles. The summed E-state index contributed by atoms with van der Waals surface area (Å²) in [6.07, 6.45) is 1.86. The molecule has 1 fully saturated rings. The van der Waals surface area contributed by atoms with Crippen molar-refractivity contribution < 1.29 is 9.47 Å². The average Bonchev–Trinajstić information content (AvgIpc) is 3.00. The van der Waals surface area contributed by atoms with Crippen LogP contribution in [0.1, 0.15) is 32.8 Å². The fourth-order valence-electron chi connectivity index (χ4n) is 4.21. The summed E-state index contributed by atoms with van der Waals surface area (Å²) >= 11 is 9.66. The van der Waals surface area contributed by atoms with E-state index in [0.29, 0.717) is 0 Å². The molecule has 156 valence electrons. The topological polar surface area (TPSA) is 24.9 Å². The number of piperazine rings is 1. The van der Waals surface area contributed by atoms with Gasteiger partial charge in [0.05, 0.1) is 0 Å². The Labute approximate surface area is 186 Å². The maximum Gasteiger partial charge on any atom is 0.165 e. The van der Waals surface area contributed by atoms with Gasteiger partial charge in [0, 0.05) is 53.3 Å². The number of anilines is 1. The first kappa shape index (κ1) is 20.8. The van der Waals surface area contributed by atoms with Gasteiger partial charge in [-0.05, 0) is 56.7 Å². The molecule has 6 heteroatoms. The maximum atomic E-state index is 6.51. The van der Waals surface area contributed by atoms with Crippen LogP contribution in [0.3, 0.4) is 0 Å². The van der Waals surface area contributed by atoms with Crippen molar-refractivity contribution in [2.45, 2.75) is 45.4 Å². The number of hydrogen-bond donors (Lipinski definition) is 0. The largest absolute Gasteiger partial charge is 0.483 e. The van der Waals surface area contributed by atoms with Crippen LogP contribution >= 0.6 is 27.5 Å². The van der Waals surface area contributed by atoms with Gasteiger partial charge in [-0.2, -0.15) is 0 Å². The quantitative estimate of drug-likeness (QED) is 0.545. The molecule has 2 aliphatic rings. The van der Waals surface area contributed by atoms with Crippen LogP contribution in [0.4, 0.5) is 5.69 Å². The highest BCUT2D eigenvalue weighted by atomic mass is 79.9. The van der Waals surface area contributed by atoms with Crippen molar-refractivity contribution in [1.82, 2.24) is 4.90 Å². The summed E-state index contributed by atoms with van der Waals surface area (Å²) in [5.41, 5.74) is 2.25. The van der Waals surface area contributed by atoms with E-state index in [1.54, 1.807) is 0 Å². The molecule has 4 nitrogen and oxygen atoms in total. The predicted octanol–water partition coefficient (Wildman–Crippen LogP) is 5.75. The van der Waals surface area contributed by atoms with E-state index in [-0.39, 0.29) is 11.8 Å². The Hall–Kier alpha value is -1.43. The molecule has 1 saturated heterocycles. The molecular weight excluding hydrogens is 452 g/mol. The van der Waals surface area contributed by atoms with Gasteiger partial charge >= 0.3 is 0 Å². The molecule has 2 heterocycles. The second-order valence-electron chi connectivity index (χ2n) is 8.41. The minimum absolute atomic E-state index is 0.0353. The van der Waals surface area contributed by atoms with E-state index in [1.165, 1.54) is 11.3 Å². The minimum atomic E-state index is -0.187. The highest BCUT2D eigenvalue weighted by Crippen LogP contribution is 2.44. The third kappa shape index (κ3) is 4.68. The summed E-state index contributed by atoms with van der Waals surface area (Å²) < 4.78 is 13.8. The number of hydrogen-bond acceptors (Lipinski definition) is 4. The molecule has 1 atom stereocenters. The third-order valence-electron chi connectivity index (χ3n) is 5.62. The lowest BCUT2D eigenvalue weighted by atomic mass is 10.0. The number of rotatable bonds is 5. The molecule has 2 aromatic rings. The summed E-state index contributed by atoms with van der Waals surface area (Å²) in [4.78, 5) is 4.84. The molecule has 0 amide bonds. The smallest absolute Gasteiger partial charge is 0.165 e. The van der Waals surface area contributed by atoms with Gasteiger partial charge in [0.1, 0.15) is 5.60 Å². The monoisotopic (exact) mass is 478 g/mol. The lowest BCUT2D eigenvalue weighted by Crippen LogP contribution is -2.52. The van der Waals surface area contributed by atoms with E-state index < -0.39 is 0 Å². The summed E-state index contributed by atoms with van der Waals surface area (Å²) in [6, 6.07) is 12.3. The fourth-order valence-corrected chi connectivity index (χ4v) is 4.82. The average molecular weight is 480 g/mol. The molecular formula is C23H28BrClN2O2. The number of ether oxygens (including phenoxy) is 2. The van der Waals surface area contributed by atoms with Crippen molar-refractivity contribution >= 4 is 33.2 Å².